The first-order chi connectivity index (χ1) is 4.72. The SMILES string of the molecule is CC/N=C(C)/C(C)=N/CC. The molecule has 0 fully saturated rings. The summed E-state index contributed by atoms with van der Waals surface area (Å²) in [7, 11) is 0. The predicted molar refractivity (Wildman–Crippen MR) is 47.3 cm³/mol. The highest BCUT2D eigenvalue weighted by atomic mass is 14.8. The molecule has 0 spiro atoms. The van der Waals surface area contributed by atoms with E-state index in [9.17, 15) is 0 Å². The van der Waals surface area contributed by atoms with Gasteiger partial charge < -0.3 is 0 Å². The van der Waals surface area contributed by atoms with Crippen molar-refractivity contribution in [1.82, 2.24) is 0 Å². The van der Waals surface area contributed by atoms with Crippen LogP contribution in [0.4, 0.5) is 0 Å². The van der Waals surface area contributed by atoms with Gasteiger partial charge in [-0.05, 0) is 27.7 Å². The molecule has 2 nitrogen and oxygen atoms in total. The molecule has 0 unspecified atom stereocenters. The Bertz CT molecular complexity index is 127. The van der Waals surface area contributed by atoms with Crippen LogP contribution < -0.4 is 0 Å². The molecule has 0 aliphatic rings. The van der Waals surface area contributed by atoms with Gasteiger partial charge in [-0.25, -0.2) is 0 Å². The smallest absolute Gasteiger partial charge is 0.0524 e. The van der Waals surface area contributed by atoms with Crippen molar-refractivity contribution >= 4 is 11.4 Å². The second-order valence-electron chi connectivity index (χ2n) is 2.12. The minimum absolute atomic E-state index is 0.850. The number of aliphatic imine (C=N–C) groups is 2. The van der Waals surface area contributed by atoms with Gasteiger partial charge in [-0.15, -0.1) is 0 Å². The number of hydrogen-bond acceptors (Lipinski definition) is 2. The van der Waals surface area contributed by atoms with Gasteiger partial charge in [-0.3, -0.25) is 9.98 Å². The minimum atomic E-state index is 0.850. The maximum atomic E-state index is 4.23. The van der Waals surface area contributed by atoms with Crippen LogP contribution in [0.15, 0.2) is 9.98 Å². The first-order valence-corrected chi connectivity index (χ1v) is 3.74. The van der Waals surface area contributed by atoms with Gasteiger partial charge in [0, 0.05) is 13.1 Å². The maximum Gasteiger partial charge on any atom is 0.0524 e. The fourth-order valence-electron chi connectivity index (χ4n) is 0.703. The summed E-state index contributed by atoms with van der Waals surface area (Å²) >= 11 is 0. The molecule has 0 amide bonds. The largest absolute Gasteiger partial charge is 0.288 e. The molecule has 0 atom stereocenters. The van der Waals surface area contributed by atoms with Crippen LogP contribution in [-0.2, 0) is 0 Å². The molecule has 0 aliphatic carbocycles. The lowest BCUT2D eigenvalue weighted by atomic mass is 10.3. The van der Waals surface area contributed by atoms with Gasteiger partial charge in [0.2, 0.25) is 0 Å². The average Bonchev–Trinajstić information content (AvgIpc) is 1.89. The predicted octanol–water partition coefficient (Wildman–Crippen LogP) is 1.95. The Hall–Kier alpha value is -0.660. The van der Waals surface area contributed by atoms with E-state index in [0.717, 1.165) is 24.5 Å². The monoisotopic (exact) mass is 140 g/mol. The van der Waals surface area contributed by atoms with Crippen molar-refractivity contribution in [2.24, 2.45) is 9.98 Å². The van der Waals surface area contributed by atoms with Crippen LogP contribution in [0.2, 0.25) is 0 Å². The van der Waals surface area contributed by atoms with Crippen molar-refractivity contribution in [3.8, 4) is 0 Å². The highest BCUT2D eigenvalue weighted by Crippen LogP contribution is 1.84. The van der Waals surface area contributed by atoms with Crippen molar-refractivity contribution in [2.45, 2.75) is 27.7 Å². The van der Waals surface area contributed by atoms with E-state index in [1.54, 1.807) is 0 Å². The molecule has 0 bridgehead atoms. The molecule has 0 aliphatic heterocycles. The van der Waals surface area contributed by atoms with Crippen LogP contribution in [0.25, 0.3) is 0 Å². The van der Waals surface area contributed by atoms with Gasteiger partial charge in [-0.1, -0.05) is 0 Å². The van der Waals surface area contributed by atoms with Crippen molar-refractivity contribution < 1.29 is 0 Å². The van der Waals surface area contributed by atoms with Crippen molar-refractivity contribution in [3.63, 3.8) is 0 Å². The van der Waals surface area contributed by atoms with E-state index < -0.39 is 0 Å². The Kier molecular flexibility index (Phi) is 4.81. The van der Waals surface area contributed by atoms with E-state index in [1.807, 2.05) is 27.7 Å². The van der Waals surface area contributed by atoms with Gasteiger partial charge >= 0.3 is 0 Å². The summed E-state index contributed by atoms with van der Waals surface area (Å²) in [5.41, 5.74) is 2.12. The third kappa shape index (κ3) is 3.38. The zero-order valence-electron chi connectivity index (χ0n) is 7.31. The summed E-state index contributed by atoms with van der Waals surface area (Å²) in [5.74, 6) is 0. The molecule has 0 rings (SSSR count). The molecular weight excluding hydrogens is 124 g/mol. The Balaban J connectivity index is 4.06. The molecule has 2 heteroatoms. The van der Waals surface area contributed by atoms with Crippen molar-refractivity contribution in [3.05, 3.63) is 0 Å². The van der Waals surface area contributed by atoms with Gasteiger partial charge in [-0.2, -0.15) is 0 Å². The molecule has 0 aromatic rings. The topological polar surface area (TPSA) is 24.7 Å². The molecule has 0 saturated heterocycles. The summed E-state index contributed by atoms with van der Waals surface area (Å²) in [6, 6.07) is 0. The van der Waals surface area contributed by atoms with Gasteiger partial charge in [0.05, 0.1) is 11.4 Å². The van der Waals surface area contributed by atoms with E-state index >= 15 is 0 Å². The third-order valence-corrected chi connectivity index (χ3v) is 1.31. The van der Waals surface area contributed by atoms with E-state index in [0.29, 0.717) is 0 Å². The molecule has 0 saturated carbocycles. The lowest BCUT2D eigenvalue weighted by Crippen LogP contribution is -2.06. The third-order valence-electron chi connectivity index (χ3n) is 1.31. The molecular formula is C8H16N2. The highest BCUT2D eigenvalue weighted by molar-refractivity contribution is 6.40. The lowest BCUT2D eigenvalue weighted by Gasteiger charge is -1.96. The minimum Gasteiger partial charge on any atom is -0.288 e. The van der Waals surface area contributed by atoms with Gasteiger partial charge in [0.25, 0.3) is 0 Å². The molecule has 0 heterocycles. The standard InChI is InChI=1S/C8H16N2/c1-5-9-7(3)8(4)10-6-2/h5-6H2,1-4H3/b9-7+,10-8+. The number of nitrogens with zero attached hydrogens (tertiary/aromatic N) is 2. The Labute approximate surface area is 63.1 Å². The summed E-state index contributed by atoms with van der Waals surface area (Å²) in [6.45, 7) is 9.76. The van der Waals surface area contributed by atoms with Crippen LogP contribution in [0, 0.1) is 0 Å². The van der Waals surface area contributed by atoms with Crippen LogP contribution >= 0.6 is 0 Å². The summed E-state index contributed by atoms with van der Waals surface area (Å²) < 4.78 is 0. The van der Waals surface area contributed by atoms with Crippen molar-refractivity contribution in [2.75, 3.05) is 13.1 Å². The van der Waals surface area contributed by atoms with E-state index in [1.165, 1.54) is 0 Å². The second-order valence-corrected chi connectivity index (χ2v) is 2.12. The van der Waals surface area contributed by atoms with Crippen LogP contribution in [-0.4, -0.2) is 24.5 Å². The summed E-state index contributed by atoms with van der Waals surface area (Å²) in [4.78, 5) is 8.46. The number of rotatable bonds is 3. The molecule has 0 radical (unpaired) electrons. The highest BCUT2D eigenvalue weighted by Gasteiger charge is 1.92. The molecule has 0 N–H and O–H groups in total. The fraction of sp³-hybridized carbons (Fsp3) is 0.750. The van der Waals surface area contributed by atoms with Crippen LogP contribution in [0.1, 0.15) is 27.7 Å². The summed E-state index contributed by atoms with van der Waals surface area (Å²) in [5, 5.41) is 0. The Morgan fingerprint density at radius 1 is 0.900 bits per heavy atom. The lowest BCUT2D eigenvalue weighted by molar-refractivity contribution is 1.11. The average molecular weight is 140 g/mol. The number of hydrogen-bond donors (Lipinski definition) is 0. The first kappa shape index (κ1) is 9.34. The zero-order valence-corrected chi connectivity index (χ0v) is 7.31. The Morgan fingerprint density at radius 2 is 1.20 bits per heavy atom. The maximum absolute atomic E-state index is 4.23. The Morgan fingerprint density at radius 3 is 1.40 bits per heavy atom. The normalized spacial score (nSPS) is 14.0. The van der Waals surface area contributed by atoms with E-state index in [4.69, 9.17) is 0 Å². The molecule has 0 aromatic heterocycles. The first-order valence-electron chi connectivity index (χ1n) is 3.74. The summed E-state index contributed by atoms with van der Waals surface area (Å²) in [6.07, 6.45) is 0. The van der Waals surface area contributed by atoms with Gasteiger partial charge in [0.15, 0.2) is 0 Å². The van der Waals surface area contributed by atoms with Crippen molar-refractivity contribution in [1.29, 1.82) is 0 Å². The van der Waals surface area contributed by atoms with Crippen LogP contribution in [0.5, 0.6) is 0 Å². The second kappa shape index (κ2) is 5.15. The molecule has 10 heavy (non-hydrogen) atoms. The fourth-order valence-corrected chi connectivity index (χ4v) is 0.703. The van der Waals surface area contributed by atoms with Gasteiger partial charge in [0.1, 0.15) is 0 Å². The quantitative estimate of drug-likeness (QED) is 0.535. The van der Waals surface area contributed by atoms with Crippen LogP contribution in [0.3, 0.4) is 0 Å². The van der Waals surface area contributed by atoms with E-state index in [2.05, 4.69) is 9.98 Å². The molecule has 58 valence electrons. The van der Waals surface area contributed by atoms with E-state index in [-0.39, 0.29) is 0 Å². The zero-order chi connectivity index (χ0) is 7.98. The molecule has 0 aromatic carbocycles.